The maximum Gasteiger partial charge on any atom is 0.240 e. The third-order valence-corrected chi connectivity index (χ3v) is 3.16. The van der Waals surface area contributed by atoms with Gasteiger partial charge in [-0.2, -0.15) is 5.10 Å². The standard InChI is InChI=1S/C11H18N4O.ClH/c1-15-8-9(7-14-15)6-13-10(16)11(12)4-2-3-5-11;/h7-8H,2-6,12H2,1H3,(H,13,16);1H. The van der Waals surface area contributed by atoms with Gasteiger partial charge in [0.2, 0.25) is 5.91 Å². The van der Waals surface area contributed by atoms with Crippen LogP contribution in [0.25, 0.3) is 0 Å². The van der Waals surface area contributed by atoms with E-state index in [4.69, 9.17) is 5.73 Å². The average Bonchev–Trinajstić information content (AvgIpc) is 2.85. The normalized spacial score (nSPS) is 17.5. The number of carbonyl (C=O) groups is 1. The molecule has 0 spiro atoms. The zero-order chi connectivity index (χ0) is 11.6. The first-order valence-electron chi connectivity index (χ1n) is 5.65. The highest BCUT2D eigenvalue weighted by atomic mass is 35.5. The number of rotatable bonds is 3. The summed E-state index contributed by atoms with van der Waals surface area (Å²) < 4.78 is 1.72. The predicted molar refractivity (Wildman–Crippen MR) is 67.7 cm³/mol. The second-order valence-corrected chi connectivity index (χ2v) is 4.57. The van der Waals surface area contributed by atoms with Crippen LogP contribution in [-0.2, 0) is 18.4 Å². The number of carbonyl (C=O) groups excluding carboxylic acids is 1. The summed E-state index contributed by atoms with van der Waals surface area (Å²) >= 11 is 0. The Labute approximate surface area is 107 Å². The number of hydrogen-bond acceptors (Lipinski definition) is 3. The summed E-state index contributed by atoms with van der Waals surface area (Å²) in [5, 5.41) is 6.92. The zero-order valence-corrected chi connectivity index (χ0v) is 10.8. The van der Waals surface area contributed by atoms with Crippen LogP contribution in [0.15, 0.2) is 12.4 Å². The first kappa shape index (κ1) is 14.0. The third-order valence-electron chi connectivity index (χ3n) is 3.16. The van der Waals surface area contributed by atoms with E-state index in [2.05, 4.69) is 10.4 Å². The summed E-state index contributed by atoms with van der Waals surface area (Å²) in [5.74, 6) is -0.0335. The molecule has 1 amide bonds. The molecule has 1 aromatic rings. The van der Waals surface area contributed by atoms with Crippen LogP contribution in [0.5, 0.6) is 0 Å². The monoisotopic (exact) mass is 258 g/mol. The van der Waals surface area contributed by atoms with E-state index in [1.165, 1.54) is 0 Å². The van der Waals surface area contributed by atoms with Gasteiger partial charge in [-0.25, -0.2) is 0 Å². The first-order chi connectivity index (χ1) is 7.60. The number of hydrogen-bond donors (Lipinski definition) is 2. The van der Waals surface area contributed by atoms with E-state index >= 15 is 0 Å². The Morgan fingerprint density at radius 2 is 2.24 bits per heavy atom. The van der Waals surface area contributed by atoms with Crippen molar-refractivity contribution in [3.05, 3.63) is 18.0 Å². The van der Waals surface area contributed by atoms with E-state index in [1.54, 1.807) is 10.9 Å². The smallest absolute Gasteiger partial charge is 0.240 e. The minimum Gasteiger partial charge on any atom is -0.350 e. The van der Waals surface area contributed by atoms with Gasteiger partial charge < -0.3 is 11.1 Å². The molecule has 0 aromatic carbocycles. The van der Waals surface area contributed by atoms with Crippen LogP contribution in [0.4, 0.5) is 0 Å². The number of nitrogens with two attached hydrogens (primary N) is 1. The average molecular weight is 259 g/mol. The second-order valence-electron chi connectivity index (χ2n) is 4.57. The molecule has 0 saturated heterocycles. The molecule has 0 atom stereocenters. The number of halogens is 1. The van der Waals surface area contributed by atoms with Crippen LogP contribution < -0.4 is 11.1 Å². The van der Waals surface area contributed by atoms with Crippen LogP contribution in [-0.4, -0.2) is 21.2 Å². The summed E-state index contributed by atoms with van der Waals surface area (Å²) in [7, 11) is 1.85. The Kier molecular flexibility index (Phi) is 4.54. The fourth-order valence-electron chi connectivity index (χ4n) is 2.15. The van der Waals surface area contributed by atoms with Crippen LogP contribution in [0.3, 0.4) is 0 Å². The molecule has 17 heavy (non-hydrogen) atoms. The SMILES string of the molecule is Cl.Cn1cc(CNC(=O)C2(N)CCCC2)cn1. The molecule has 0 aliphatic heterocycles. The fourth-order valence-corrected chi connectivity index (χ4v) is 2.15. The summed E-state index contributed by atoms with van der Waals surface area (Å²) in [6.45, 7) is 0.506. The first-order valence-corrected chi connectivity index (χ1v) is 5.65. The Balaban J connectivity index is 0.00000144. The second kappa shape index (κ2) is 5.51. The molecule has 0 radical (unpaired) electrons. The van der Waals surface area contributed by atoms with Crippen molar-refractivity contribution in [1.82, 2.24) is 15.1 Å². The highest BCUT2D eigenvalue weighted by Crippen LogP contribution is 2.27. The van der Waals surface area contributed by atoms with Gasteiger partial charge in [-0.05, 0) is 12.8 Å². The van der Waals surface area contributed by atoms with E-state index in [0.29, 0.717) is 6.54 Å². The summed E-state index contributed by atoms with van der Waals surface area (Å²) in [5.41, 5.74) is 6.40. The largest absolute Gasteiger partial charge is 0.350 e. The molecule has 1 aliphatic carbocycles. The van der Waals surface area contributed by atoms with Gasteiger partial charge in [0.05, 0.1) is 11.7 Å². The summed E-state index contributed by atoms with van der Waals surface area (Å²) in [6.07, 6.45) is 7.33. The zero-order valence-electron chi connectivity index (χ0n) is 9.98. The fraction of sp³-hybridized carbons (Fsp3) is 0.636. The van der Waals surface area contributed by atoms with Gasteiger partial charge in [-0.3, -0.25) is 9.48 Å². The molecule has 5 nitrogen and oxygen atoms in total. The van der Waals surface area contributed by atoms with E-state index < -0.39 is 5.54 Å². The number of nitrogens with one attached hydrogen (secondary N) is 1. The van der Waals surface area contributed by atoms with Crippen molar-refractivity contribution in [3.8, 4) is 0 Å². The molecule has 1 aliphatic rings. The highest BCUT2D eigenvalue weighted by molar-refractivity contribution is 5.86. The molecule has 6 heteroatoms. The van der Waals surface area contributed by atoms with Gasteiger partial charge in [-0.1, -0.05) is 12.8 Å². The third kappa shape index (κ3) is 3.20. The number of nitrogens with zero attached hydrogens (tertiary/aromatic N) is 2. The lowest BCUT2D eigenvalue weighted by molar-refractivity contribution is -0.126. The minimum absolute atomic E-state index is 0. The summed E-state index contributed by atoms with van der Waals surface area (Å²) in [6, 6.07) is 0. The van der Waals surface area contributed by atoms with Crippen molar-refractivity contribution in [2.45, 2.75) is 37.8 Å². The van der Waals surface area contributed by atoms with Gasteiger partial charge in [0.15, 0.2) is 0 Å². The van der Waals surface area contributed by atoms with Gasteiger partial charge in [0.1, 0.15) is 0 Å². The summed E-state index contributed by atoms with van der Waals surface area (Å²) in [4.78, 5) is 11.9. The minimum atomic E-state index is -0.637. The molecule has 2 rings (SSSR count). The van der Waals surface area contributed by atoms with Gasteiger partial charge in [0.25, 0.3) is 0 Å². The Morgan fingerprint density at radius 1 is 1.59 bits per heavy atom. The van der Waals surface area contributed by atoms with Crippen LogP contribution >= 0.6 is 12.4 Å². The lowest BCUT2D eigenvalue weighted by atomic mass is 9.98. The van der Waals surface area contributed by atoms with E-state index in [0.717, 1.165) is 31.2 Å². The van der Waals surface area contributed by atoms with Gasteiger partial charge in [0, 0.05) is 25.4 Å². The van der Waals surface area contributed by atoms with E-state index in [1.807, 2.05) is 13.2 Å². The topological polar surface area (TPSA) is 72.9 Å². The van der Waals surface area contributed by atoms with Crippen molar-refractivity contribution < 1.29 is 4.79 Å². The maximum absolute atomic E-state index is 11.9. The molecule has 3 N–H and O–H groups in total. The molecule has 0 bridgehead atoms. The number of aromatic nitrogens is 2. The predicted octanol–water partition coefficient (Wildman–Crippen LogP) is 0.730. The maximum atomic E-state index is 11.9. The molecule has 1 heterocycles. The Morgan fingerprint density at radius 3 is 2.76 bits per heavy atom. The lowest BCUT2D eigenvalue weighted by Crippen LogP contribution is -2.51. The number of aryl methyl sites for hydroxylation is 1. The van der Waals surface area contributed by atoms with Crippen molar-refractivity contribution in [3.63, 3.8) is 0 Å². The number of amides is 1. The van der Waals surface area contributed by atoms with Crippen LogP contribution in [0, 0.1) is 0 Å². The van der Waals surface area contributed by atoms with Crippen LogP contribution in [0.2, 0.25) is 0 Å². The molecule has 1 aromatic heterocycles. The van der Waals surface area contributed by atoms with Crippen molar-refractivity contribution in [2.75, 3.05) is 0 Å². The lowest BCUT2D eigenvalue weighted by Gasteiger charge is -2.21. The molecule has 1 fully saturated rings. The molecular weight excluding hydrogens is 240 g/mol. The van der Waals surface area contributed by atoms with Crippen molar-refractivity contribution in [2.24, 2.45) is 12.8 Å². The van der Waals surface area contributed by atoms with Crippen LogP contribution in [0.1, 0.15) is 31.2 Å². The molecule has 96 valence electrons. The van der Waals surface area contributed by atoms with Crippen molar-refractivity contribution >= 4 is 18.3 Å². The molecule has 0 unspecified atom stereocenters. The van der Waals surface area contributed by atoms with Gasteiger partial charge in [-0.15, -0.1) is 12.4 Å². The highest BCUT2D eigenvalue weighted by Gasteiger charge is 2.36. The Hall–Kier alpha value is -1.07. The molecular formula is C11H19ClN4O. The van der Waals surface area contributed by atoms with E-state index in [-0.39, 0.29) is 18.3 Å². The van der Waals surface area contributed by atoms with Crippen molar-refractivity contribution in [1.29, 1.82) is 0 Å². The van der Waals surface area contributed by atoms with Gasteiger partial charge >= 0.3 is 0 Å². The quantitative estimate of drug-likeness (QED) is 0.840. The van der Waals surface area contributed by atoms with E-state index in [9.17, 15) is 4.79 Å². The molecule has 1 saturated carbocycles. The Bertz CT molecular complexity index is 385.